The van der Waals surface area contributed by atoms with Crippen LogP contribution in [0.3, 0.4) is 0 Å². The molecule has 0 aromatic heterocycles. The lowest BCUT2D eigenvalue weighted by Gasteiger charge is -2.14. The van der Waals surface area contributed by atoms with E-state index in [1.807, 2.05) is 0 Å². The second-order valence-electron chi connectivity index (χ2n) is 2.86. The van der Waals surface area contributed by atoms with E-state index < -0.39 is 12.1 Å². The van der Waals surface area contributed by atoms with Crippen LogP contribution in [-0.4, -0.2) is 22.9 Å². The molecule has 1 amide bonds. The minimum atomic E-state index is -1.18. The van der Waals surface area contributed by atoms with Crippen molar-refractivity contribution < 1.29 is 15.0 Å². The zero-order valence-corrected chi connectivity index (χ0v) is 9.92. The highest BCUT2D eigenvalue weighted by Gasteiger charge is 2.13. The number of carboxylic acid groups (broad SMARTS) is 1. The van der Waals surface area contributed by atoms with E-state index >= 15 is 0 Å². The van der Waals surface area contributed by atoms with E-state index in [0.717, 1.165) is 0 Å². The van der Waals surface area contributed by atoms with Gasteiger partial charge in [0.25, 0.3) is 0 Å². The fraction of sp³-hybridized carbons (Fsp3) is 0.222. The molecule has 0 aliphatic heterocycles. The summed E-state index contributed by atoms with van der Waals surface area (Å²) >= 11 is 9.01. The standard InChI is InChI=1S/C9H9BrClNO3/c10-6-3-5(1-2-7(6)11)8(4-13)12-9(14)15/h1-3,8,12-13H,4H2,(H,14,15)/t8-/m1/s1. The highest BCUT2D eigenvalue weighted by molar-refractivity contribution is 9.10. The van der Waals surface area contributed by atoms with Gasteiger partial charge in [0, 0.05) is 4.47 Å². The summed E-state index contributed by atoms with van der Waals surface area (Å²) in [7, 11) is 0. The number of amides is 1. The molecule has 0 radical (unpaired) electrons. The van der Waals surface area contributed by atoms with E-state index in [1.54, 1.807) is 18.2 Å². The lowest BCUT2D eigenvalue weighted by atomic mass is 10.1. The Morgan fingerprint density at radius 2 is 2.27 bits per heavy atom. The van der Waals surface area contributed by atoms with Gasteiger partial charge in [-0.25, -0.2) is 4.79 Å². The first-order valence-corrected chi connectivity index (χ1v) is 5.27. The topological polar surface area (TPSA) is 69.6 Å². The molecule has 15 heavy (non-hydrogen) atoms. The number of aliphatic hydroxyl groups excluding tert-OH is 1. The number of halogens is 2. The Kier molecular flexibility index (Phi) is 4.38. The third-order valence-corrected chi connectivity index (χ3v) is 3.04. The summed E-state index contributed by atoms with van der Waals surface area (Å²) in [6.07, 6.45) is -1.18. The first kappa shape index (κ1) is 12.3. The van der Waals surface area contributed by atoms with Gasteiger partial charge in [0.05, 0.1) is 17.7 Å². The molecule has 0 saturated heterocycles. The molecule has 3 N–H and O–H groups in total. The molecule has 0 unspecified atom stereocenters. The van der Waals surface area contributed by atoms with Crippen molar-refractivity contribution in [3.05, 3.63) is 33.3 Å². The molecule has 0 aliphatic carbocycles. The van der Waals surface area contributed by atoms with Crippen LogP contribution in [0.15, 0.2) is 22.7 Å². The van der Waals surface area contributed by atoms with Crippen molar-refractivity contribution >= 4 is 33.6 Å². The van der Waals surface area contributed by atoms with Gasteiger partial charge in [-0.05, 0) is 33.6 Å². The Balaban J connectivity index is 2.92. The number of carbonyl (C=O) groups is 1. The molecule has 1 aromatic carbocycles. The molecule has 1 rings (SSSR count). The number of aliphatic hydroxyl groups is 1. The van der Waals surface area contributed by atoms with Crippen LogP contribution >= 0.6 is 27.5 Å². The molecule has 1 aromatic rings. The lowest BCUT2D eigenvalue weighted by Crippen LogP contribution is -2.29. The van der Waals surface area contributed by atoms with Crippen LogP contribution in [0.25, 0.3) is 0 Å². The second-order valence-corrected chi connectivity index (χ2v) is 4.12. The normalized spacial score (nSPS) is 12.2. The summed E-state index contributed by atoms with van der Waals surface area (Å²) in [5, 5.41) is 20.3. The summed E-state index contributed by atoms with van der Waals surface area (Å²) in [5.74, 6) is 0. The zero-order valence-electron chi connectivity index (χ0n) is 7.58. The average molecular weight is 295 g/mol. The summed E-state index contributed by atoms with van der Waals surface area (Å²) in [5.41, 5.74) is 0.649. The van der Waals surface area contributed by atoms with Crippen molar-refractivity contribution in [3.8, 4) is 0 Å². The Labute approximate surface area is 100.0 Å². The Morgan fingerprint density at radius 1 is 1.60 bits per heavy atom. The van der Waals surface area contributed by atoms with Crippen LogP contribution in [0, 0.1) is 0 Å². The predicted octanol–water partition coefficient (Wildman–Crippen LogP) is 2.40. The number of benzene rings is 1. The molecular formula is C9H9BrClNO3. The van der Waals surface area contributed by atoms with E-state index in [1.165, 1.54) is 0 Å². The van der Waals surface area contributed by atoms with Gasteiger partial charge in [0.2, 0.25) is 0 Å². The van der Waals surface area contributed by atoms with Crippen LogP contribution < -0.4 is 5.32 Å². The molecule has 0 bridgehead atoms. The molecule has 0 aliphatic rings. The van der Waals surface area contributed by atoms with Gasteiger partial charge in [0.15, 0.2) is 0 Å². The maximum absolute atomic E-state index is 10.4. The molecule has 6 heteroatoms. The maximum Gasteiger partial charge on any atom is 0.405 e. The minimum Gasteiger partial charge on any atom is -0.465 e. The fourth-order valence-corrected chi connectivity index (χ4v) is 1.63. The molecule has 4 nitrogen and oxygen atoms in total. The van der Waals surface area contributed by atoms with Crippen molar-refractivity contribution in [2.45, 2.75) is 6.04 Å². The number of nitrogens with one attached hydrogen (secondary N) is 1. The third kappa shape index (κ3) is 3.37. The van der Waals surface area contributed by atoms with Gasteiger partial charge in [-0.1, -0.05) is 17.7 Å². The van der Waals surface area contributed by atoms with Gasteiger partial charge < -0.3 is 15.5 Å². The predicted molar refractivity (Wildman–Crippen MR) is 60.1 cm³/mol. The van der Waals surface area contributed by atoms with Gasteiger partial charge in [0.1, 0.15) is 0 Å². The molecule has 82 valence electrons. The van der Waals surface area contributed by atoms with Crippen LogP contribution in [0.2, 0.25) is 5.02 Å². The van der Waals surface area contributed by atoms with Crippen molar-refractivity contribution in [1.29, 1.82) is 0 Å². The van der Waals surface area contributed by atoms with Crippen molar-refractivity contribution in [2.75, 3.05) is 6.61 Å². The maximum atomic E-state index is 10.4. The minimum absolute atomic E-state index is 0.305. The Bertz CT molecular complexity index is 372. The van der Waals surface area contributed by atoms with Gasteiger partial charge in [-0.2, -0.15) is 0 Å². The number of hydrogen-bond donors (Lipinski definition) is 3. The first-order chi connectivity index (χ1) is 7.04. The molecular weight excluding hydrogens is 285 g/mol. The molecule has 0 heterocycles. The van der Waals surface area contributed by atoms with E-state index in [9.17, 15) is 4.79 Å². The fourth-order valence-electron chi connectivity index (χ4n) is 1.11. The highest BCUT2D eigenvalue weighted by atomic mass is 79.9. The van der Waals surface area contributed by atoms with Crippen LogP contribution in [0.5, 0.6) is 0 Å². The monoisotopic (exact) mass is 293 g/mol. The molecule has 0 fully saturated rings. The quantitative estimate of drug-likeness (QED) is 0.802. The Hall–Kier alpha value is -0.780. The third-order valence-electron chi connectivity index (χ3n) is 1.83. The van der Waals surface area contributed by atoms with Crippen LogP contribution in [-0.2, 0) is 0 Å². The van der Waals surface area contributed by atoms with Crippen LogP contribution in [0.4, 0.5) is 4.79 Å². The van der Waals surface area contributed by atoms with Gasteiger partial charge in [-0.3, -0.25) is 0 Å². The van der Waals surface area contributed by atoms with Gasteiger partial charge in [-0.15, -0.1) is 0 Å². The van der Waals surface area contributed by atoms with Crippen molar-refractivity contribution in [1.82, 2.24) is 5.32 Å². The van der Waals surface area contributed by atoms with Crippen molar-refractivity contribution in [3.63, 3.8) is 0 Å². The van der Waals surface area contributed by atoms with E-state index in [4.69, 9.17) is 21.8 Å². The van der Waals surface area contributed by atoms with Crippen molar-refractivity contribution in [2.24, 2.45) is 0 Å². The van der Waals surface area contributed by atoms with Gasteiger partial charge >= 0.3 is 6.09 Å². The lowest BCUT2D eigenvalue weighted by molar-refractivity contribution is 0.177. The van der Waals surface area contributed by atoms with Crippen LogP contribution in [0.1, 0.15) is 11.6 Å². The molecule has 0 saturated carbocycles. The smallest absolute Gasteiger partial charge is 0.405 e. The largest absolute Gasteiger partial charge is 0.465 e. The average Bonchev–Trinajstić information content (AvgIpc) is 2.18. The first-order valence-electron chi connectivity index (χ1n) is 4.10. The summed E-state index contributed by atoms with van der Waals surface area (Å²) in [6, 6.07) is 4.31. The number of rotatable bonds is 3. The zero-order chi connectivity index (χ0) is 11.4. The van der Waals surface area contributed by atoms with E-state index in [0.29, 0.717) is 15.1 Å². The second kappa shape index (κ2) is 5.34. The van der Waals surface area contributed by atoms with E-state index in [-0.39, 0.29) is 6.61 Å². The molecule has 0 spiro atoms. The van der Waals surface area contributed by atoms with E-state index in [2.05, 4.69) is 21.2 Å². The number of hydrogen-bond acceptors (Lipinski definition) is 2. The summed E-state index contributed by atoms with van der Waals surface area (Å²) in [6.45, 7) is -0.305. The molecule has 1 atom stereocenters. The SMILES string of the molecule is O=C(O)N[C@H](CO)c1ccc(Cl)c(Br)c1. The summed E-state index contributed by atoms with van der Waals surface area (Å²) < 4.78 is 0.660. The Morgan fingerprint density at radius 3 is 2.73 bits per heavy atom. The summed E-state index contributed by atoms with van der Waals surface area (Å²) in [4.78, 5) is 10.4. The highest BCUT2D eigenvalue weighted by Crippen LogP contribution is 2.25.